The van der Waals surface area contributed by atoms with E-state index in [1.165, 1.54) is 10.1 Å². The quantitative estimate of drug-likeness (QED) is 0.272. The number of benzene rings is 2. The van der Waals surface area contributed by atoms with Gasteiger partial charge in [-0.15, -0.1) is 0 Å². The number of nitrogens with one attached hydrogen (secondary N) is 3. The average Bonchev–Trinajstić information content (AvgIpc) is 3.43. The summed E-state index contributed by atoms with van der Waals surface area (Å²) in [6.45, 7) is 6.05. The smallest absolute Gasteiger partial charge is 0.325 e. The third-order valence-electron chi connectivity index (χ3n) is 7.83. The van der Waals surface area contributed by atoms with Crippen molar-refractivity contribution in [1.29, 1.82) is 0 Å². The van der Waals surface area contributed by atoms with Gasteiger partial charge in [0.2, 0.25) is 5.91 Å². The number of carbonyl (C=O) groups excluding carboxylic acids is 3. The van der Waals surface area contributed by atoms with Crippen LogP contribution in [0.25, 0.3) is 10.9 Å². The fourth-order valence-electron chi connectivity index (χ4n) is 5.53. The zero-order valence-electron chi connectivity index (χ0n) is 25.1. The molecule has 0 unspecified atom stereocenters. The van der Waals surface area contributed by atoms with E-state index in [1.54, 1.807) is 31.6 Å². The van der Waals surface area contributed by atoms with Crippen LogP contribution in [0.3, 0.4) is 0 Å². The maximum atomic E-state index is 13.2. The van der Waals surface area contributed by atoms with Gasteiger partial charge in [0.15, 0.2) is 0 Å². The number of carbonyl (C=O) groups is 3. The van der Waals surface area contributed by atoms with Crippen molar-refractivity contribution in [3.8, 4) is 0 Å². The number of fused-ring (bicyclic) bond motifs is 1. The second kappa shape index (κ2) is 13.1. The van der Waals surface area contributed by atoms with Crippen molar-refractivity contribution in [2.75, 3.05) is 43.9 Å². The highest BCUT2D eigenvalue weighted by Crippen LogP contribution is 2.31. The van der Waals surface area contributed by atoms with Crippen LogP contribution >= 0.6 is 0 Å². The van der Waals surface area contributed by atoms with Crippen LogP contribution in [0.1, 0.15) is 48.5 Å². The minimum Gasteiger partial charge on any atom is -0.352 e. The predicted octanol–water partition coefficient (Wildman–Crippen LogP) is 4.95. The largest absolute Gasteiger partial charge is 0.352 e. The number of amides is 3. The normalized spacial score (nSPS) is 14.1. The van der Waals surface area contributed by atoms with Gasteiger partial charge in [-0.1, -0.05) is 12.1 Å². The summed E-state index contributed by atoms with van der Waals surface area (Å²) in [5.74, 6) is 0.501. The Morgan fingerprint density at radius 1 is 0.977 bits per heavy atom. The Bertz CT molecular complexity index is 1600. The number of pyridine rings is 1. The van der Waals surface area contributed by atoms with Crippen molar-refractivity contribution >= 4 is 45.9 Å². The van der Waals surface area contributed by atoms with Crippen LogP contribution in [0.2, 0.25) is 0 Å². The summed E-state index contributed by atoms with van der Waals surface area (Å²) in [5.41, 5.74) is 4.02. The molecule has 43 heavy (non-hydrogen) atoms. The summed E-state index contributed by atoms with van der Waals surface area (Å²) < 4.78 is 1.54. The fourth-order valence-corrected chi connectivity index (χ4v) is 5.53. The van der Waals surface area contributed by atoms with Gasteiger partial charge in [-0.2, -0.15) is 0 Å². The monoisotopic (exact) mass is 581 g/mol. The van der Waals surface area contributed by atoms with Gasteiger partial charge in [0.1, 0.15) is 12.4 Å². The van der Waals surface area contributed by atoms with Crippen LogP contribution in [0.5, 0.6) is 0 Å². The number of anilines is 3. The van der Waals surface area contributed by atoms with Gasteiger partial charge in [0, 0.05) is 53.9 Å². The molecule has 1 aliphatic heterocycles. The SMILES string of the molecule is CNC(=O)n1ccc2cc(N(CC(=O)NC(C)C)c3ccnc(NC(=O)c4ccc(C5CCN(C)CC5)cc4)c3)ccc21. The van der Waals surface area contributed by atoms with Crippen LogP contribution in [-0.2, 0) is 4.79 Å². The van der Waals surface area contributed by atoms with E-state index in [1.807, 2.05) is 55.1 Å². The standard InChI is InChI=1S/C33H39N7O3/c1-22(2)36-31(41)21-40(27-9-10-29-26(19-27)14-18-39(29)33(43)34-3)28-11-15-35-30(20-28)37-32(42)25-7-5-23(6-8-25)24-12-16-38(4)17-13-24/h5-11,14-15,18-20,22,24H,12-13,16-17,21H2,1-4H3,(H,34,43)(H,36,41)(H,35,37,42). The fraction of sp³-hybridized carbons (Fsp3) is 0.333. The molecular formula is C33H39N7O3. The highest BCUT2D eigenvalue weighted by atomic mass is 16.2. The van der Waals surface area contributed by atoms with E-state index in [0.717, 1.165) is 42.5 Å². The highest BCUT2D eigenvalue weighted by molar-refractivity contribution is 6.04. The maximum Gasteiger partial charge on any atom is 0.325 e. The molecule has 0 atom stereocenters. The topological polar surface area (TPSA) is 112 Å². The first-order valence-electron chi connectivity index (χ1n) is 14.7. The molecule has 3 amide bonds. The lowest BCUT2D eigenvalue weighted by atomic mass is 9.89. The molecule has 1 aliphatic rings. The predicted molar refractivity (Wildman–Crippen MR) is 170 cm³/mol. The Labute approximate surface area is 252 Å². The molecule has 10 nitrogen and oxygen atoms in total. The van der Waals surface area contributed by atoms with Crippen LogP contribution in [0.15, 0.2) is 73.1 Å². The van der Waals surface area contributed by atoms with Crippen molar-refractivity contribution in [2.24, 2.45) is 0 Å². The van der Waals surface area contributed by atoms with Crippen molar-refractivity contribution in [2.45, 2.75) is 38.6 Å². The van der Waals surface area contributed by atoms with E-state index in [2.05, 4.69) is 45.0 Å². The third-order valence-corrected chi connectivity index (χ3v) is 7.83. The van der Waals surface area contributed by atoms with Crippen LogP contribution in [-0.4, -0.2) is 72.1 Å². The molecule has 1 fully saturated rings. The van der Waals surface area contributed by atoms with E-state index in [9.17, 15) is 14.4 Å². The number of rotatable bonds is 8. The second-order valence-corrected chi connectivity index (χ2v) is 11.3. The van der Waals surface area contributed by atoms with Crippen molar-refractivity contribution < 1.29 is 14.4 Å². The van der Waals surface area contributed by atoms with Gasteiger partial charge in [0.05, 0.1) is 5.52 Å². The molecule has 4 aromatic rings. The summed E-state index contributed by atoms with van der Waals surface area (Å²) in [6.07, 6.45) is 5.57. The molecule has 0 radical (unpaired) electrons. The van der Waals surface area contributed by atoms with E-state index in [4.69, 9.17) is 0 Å². The Balaban J connectivity index is 1.37. The summed E-state index contributed by atoms with van der Waals surface area (Å²) in [6, 6.07) is 18.7. The summed E-state index contributed by atoms with van der Waals surface area (Å²) >= 11 is 0. The molecule has 2 aromatic carbocycles. The highest BCUT2D eigenvalue weighted by Gasteiger charge is 2.20. The molecule has 224 valence electrons. The van der Waals surface area contributed by atoms with E-state index in [-0.39, 0.29) is 30.4 Å². The van der Waals surface area contributed by atoms with Gasteiger partial charge in [-0.25, -0.2) is 9.78 Å². The third kappa shape index (κ3) is 7.03. The minimum atomic E-state index is -0.249. The first kappa shape index (κ1) is 29.8. The first-order valence-corrected chi connectivity index (χ1v) is 14.7. The van der Waals surface area contributed by atoms with Crippen molar-refractivity contribution in [1.82, 2.24) is 25.1 Å². The number of likely N-dealkylation sites (tertiary alicyclic amines) is 1. The number of nitrogens with zero attached hydrogens (tertiary/aromatic N) is 4. The molecule has 5 rings (SSSR count). The Hall–Kier alpha value is -4.70. The number of hydrogen-bond donors (Lipinski definition) is 3. The Morgan fingerprint density at radius 2 is 1.70 bits per heavy atom. The number of piperidine rings is 1. The van der Waals surface area contributed by atoms with E-state index < -0.39 is 0 Å². The molecule has 3 N–H and O–H groups in total. The van der Waals surface area contributed by atoms with Gasteiger partial charge >= 0.3 is 6.03 Å². The molecule has 0 bridgehead atoms. The Kier molecular flexibility index (Phi) is 9.06. The molecule has 3 heterocycles. The summed E-state index contributed by atoms with van der Waals surface area (Å²) in [5, 5.41) is 9.35. The average molecular weight is 582 g/mol. The maximum absolute atomic E-state index is 13.2. The number of aromatic nitrogens is 2. The van der Waals surface area contributed by atoms with Crippen molar-refractivity contribution in [3.05, 3.63) is 84.2 Å². The minimum absolute atomic E-state index is 0.0171. The zero-order chi connectivity index (χ0) is 30.5. The molecule has 1 saturated heterocycles. The van der Waals surface area contributed by atoms with Gasteiger partial charge < -0.3 is 25.8 Å². The van der Waals surface area contributed by atoms with Crippen LogP contribution in [0.4, 0.5) is 22.0 Å². The van der Waals surface area contributed by atoms with Gasteiger partial charge in [0.25, 0.3) is 5.91 Å². The number of hydrogen-bond acceptors (Lipinski definition) is 6. The van der Waals surface area contributed by atoms with Crippen LogP contribution < -0.4 is 20.9 Å². The lowest BCUT2D eigenvalue weighted by molar-refractivity contribution is -0.120. The van der Waals surface area contributed by atoms with Crippen molar-refractivity contribution in [3.63, 3.8) is 0 Å². The van der Waals surface area contributed by atoms with Gasteiger partial charge in [-0.3, -0.25) is 14.2 Å². The lowest BCUT2D eigenvalue weighted by Crippen LogP contribution is -2.38. The zero-order valence-corrected chi connectivity index (χ0v) is 25.1. The lowest BCUT2D eigenvalue weighted by Gasteiger charge is -2.29. The molecule has 0 aliphatic carbocycles. The molecule has 2 aromatic heterocycles. The summed E-state index contributed by atoms with van der Waals surface area (Å²) in [7, 11) is 3.74. The van der Waals surface area contributed by atoms with Crippen LogP contribution in [0, 0.1) is 0 Å². The summed E-state index contributed by atoms with van der Waals surface area (Å²) in [4.78, 5) is 46.9. The molecule has 0 saturated carbocycles. The van der Waals surface area contributed by atoms with E-state index >= 15 is 0 Å². The molecule has 10 heteroatoms. The van der Waals surface area contributed by atoms with Gasteiger partial charge in [-0.05, 0) is 101 Å². The molecular weight excluding hydrogens is 542 g/mol. The van der Waals surface area contributed by atoms with E-state index in [0.29, 0.717) is 23.0 Å². The first-order chi connectivity index (χ1) is 20.7. The molecule has 0 spiro atoms. The second-order valence-electron chi connectivity index (χ2n) is 11.3. The Morgan fingerprint density at radius 3 is 2.40 bits per heavy atom.